The van der Waals surface area contributed by atoms with Crippen LogP contribution < -0.4 is 9.80 Å². The number of piperazine rings is 1. The van der Waals surface area contributed by atoms with Crippen LogP contribution in [-0.4, -0.2) is 70.4 Å². The molecule has 0 bridgehead atoms. The predicted octanol–water partition coefficient (Wildman–Crippen LogP) is 4.45. The summed E-state index contributed by atoms with van der Waals surface area (Å²) in [6.07, 6.45) is 0. The molecule has 0 radical (unpaired) electrons. The summed E-state index contributed by atoms with van der Waals surface area (Å²) < 4.78 is 16.5. The van der Waals surface area contributed by atoms with Crippen molar-refractivity contribution in [2.45, 2.75) is 12.6 Å². The molecule has 3 aromatic carbocycles. The molecule has 194 valence electrons. The van der Waals surface area contributed by atoms with Crippen molar-refractivity contribution < 1.29 is 4.39 Å². The Balaban J connectivity index is 1.28. The number of benzene rings is 3. The van der Waals surface area contributed by atoms with Crippen molar-refractivity contribution >= 4 is 32.4 Å². The van der Waals surface area contributed by atoms with Gasteiger partial charge in [0.2, 0.25) is 0 Å². The van der Waals surface area contributed by atoms with Gasteiger partial charge >= 0.3 is 0 Å². The van der Waals surface area contributed by atoms with Gasteiger partial charge in [-0.15, -0.1) is 5.10 Å². The molecule has 1 saturated heterocycles. The fourth-order valence-electron chi connectivity index (χ4n) is 4.93. The van der Waals surface area contributed by atoms with Crippen molar-refractivity contribution in [1.82, 2.24) is 30.1 Å². The summed E-state index contributed by atoms with van der Waals surface area (Å²) in [6.45, 7) is 3.90. The molecule has 1 atom stereocenters. The van der Waals surface area contributed by atoms with Crippen LogP contribution >= 0.6 is 11.3 Å². The highest BCUT2D eigenvalue weighted by atomic mass is 32.1. The first kappa shape index (κ1) is 24.4. The largest absolute Gasteiger partial charge is 0.378 e. The number of tetrazole rings is 1. The molecule has 10 heteroatoms. The van der Waals surface area contributed by atoms with Gasteiger partial charge < -0.3 is 9.80 Å². The lowest BCUT2D eigenvalue weighted by atomic mass is 10.0. The summed E-state index contributed by atoms with van der Waals surface area (Å²) in [4.78, 5) is 11.8. The van der Waals surface area contributed by atoms with E-state index in [2.05, 4.69) is 72.7 Å². The Labute approximate surface area is 224 Å². The molecule has 2 aromatic heterocycles. The second-order valence-corrected chi connectivity index (χ2v) is 10.7. The number of nitrogens with zero attached hydrogens (tertiary/aromatic N) is 8. The van der Waals surface area contributed by atoms with Gasteiger partial charge in [-0.2, -0.15) is 0 Å². The summed E-state index contributed by atoms with van der Waals surface area (Å²) in [5, 5.41) is 13.9. The topological polar surface area (TPSA) is 66.2 Å². The van der Waals surface area contributed by atoms with Crippen molar-refractivity contribution in [2.75, 3.05) is 50.1 Å². The smallest absolute Gasteiger partial charge is 0.186 e. The van der Waals surface area contributed by atoms with Crippen LogP contribution in [-0.2, 0) is 6.54 Å². The minimum Gasteiger partial charge on any atom is -0.378 e. The maximum atomic E-state index is 13.5. The number of fused-ring (bicyclic) bond motifs is 1. The number of rotatable bonds is 7. The maximum Gasteiger partial charge on any atom is 0.186 e. The van der Waals surface area contributed by atoms with Gasteiger partial charge in [0, 0.05) is 46.0 Å². The van der Waals surface area contributed by atoms with Crippen LogP contribution in [0.5, 0.6) is 0 Å². The van der Waals surface area contributed by atoms with Crippen molar-refractivity contribution in [3.05, 3.63) is 95.6 Å². The molecule has 0 aliphatic carbocycles. The van der Waals surface area contributed by atoms with E-state index in [9.17, 15) is 4.39 Å². The fraction of sp³-hybridized carbons (Fsp3) is 0.286. The molecule has 38 heavy (non-hydrogen) atoms. The van der Waals surface area contributed by atoms with Gasteiger partial charge in [-0.1, -0.05) is 47.7 Å². The van der Waals surface area contributed by atoms with Gasteiger partial charge in [-0.25, -0.2) is 14.1 Å². The van der Waals surface area contributed by atoms with Crippen LogP contribution in [0.1, 0.15) is 23.0 Å². The summed E-state index contributed by atoms with van der Waals surface area (Å²) in [5.74, 6) is 0.524. The number of para-hydroxylation sites is 1. The number of hydrogen-bond donors (Lipinski definition) is 0. The SMILES string of the molecule is CN(C)c1ccc(C(c2nnnn2Cc2ccc(F)cc2)N2CCN(c3nc4ccccc4s3)CC2)cc1. The van der Waals surface area contributed by atoms with Crippen LogP contribution in [0.25, 0.3) is 10.2 Å². The van der Waals surface area contributed by atoms with Gasteiger partial charge in [0.15, 0.2) is 11.0 Å². The van der Waals surface area contributed by atoms with Gasteiger partial charge in [0.1, 0.15) is 5.82 Å². The predicted molar refractivity (Wildman–Crippen MR) is 149 cm³/mol. The van der Waals surface area contributed by atoms with Crippen LogP contribution in [0.4, 0.5) is 15.2 Å². The molecular formula is C28H29FN8S. The first-order chi connectivity index (χ1) is 18.5. The summed E-state index contributed by atoms with van der Waals surface area (Å²) in [5.41, 5.74) is 4.27. The van der Waals surface area contributed by atoms with Crippen LogP contribution in [0.15, 0.2) is 72.8 Å². The molecule has 5 aromatic rings. The van der Waals surface area contributed by atoms with E-state index in [0.29, 0.717) is 6.54 Å². The minimum absolute atomic E-state index is 0.112. The molecule has 0 N–H and O–H groups in total. The average molecular weight is 529 g/mol. The lowest BCUT2D eigenvalue weighted by Crippen LogP contribution is -2.48. The van der Waals surface area contributed by atoms with Crippen molar-refractivity contribution in [3.8, 4) is 0 Å². The highest BCUT2D eigenvalue weighted by molar-refractivity contribution is 7.22. The molecule has 1 unspecified atom stereocenters. The second-order valence-electron chi connectivity index (χ2n) is 9.70. The second kappa shape index (κ2) is 10.5. The molecule has 6 rings (SSSR count). The number of aromatic nitrogens is 5. The molecule has 0 amide bonds. The van der Waals surface area contributed by atoms with Crippen molar-refractivity contribution in [1.29, 1.82) is 0 Å². The number of hydrogen-bond acceptors (Lipinski definition) is 8. The Bertz CT molecular complexity index is 1470. The van der Waals surface area contributed by atoms with E-state index < -0.39 is 0 Å². The van der Waals surface area contributed by atoms with E-state index >= 15 is 0 Å². The molecule has 1 fully saturated rings. The first-order valence-corrected chi connectivity index (χ1v) is 13.5. The third-order valence-electron chi connectivity index (χ3n) is 7.01. The average Bonchev–Trinajstić information content (AvgIpc) is 3.58. The Kier molecular flexibility index (Phi) is 6.73. The lowest BCUT2D eigenvalue weighted by Gasteiger charge is -2.39. The van der Waals surface area contributed by atoms with Crippen molar-refractivity contribution in [2.24, 2.45) is 0 Å². The third-order valence-corrected chi connectivity index (χ3v) is 8.10. The van der Waals surface area contributed by atoms with E-state index in [-0.39, 0.29) is 11.9 Å². The van der Waals surface area contributed by atoms with E-state index in [1.165, 1.54) is 16.8 Å². The maximum absolute atomic E-state index is 13.5. The zero-order valence-corrected chi connectivity index (χ0v) is 22.2. The normalized spacial score (nSPS) is 15.2. The Morgan fingerprint density at radius 2 is 1.66 bits per heavy atom. The zero-order chi connectivity index (χ0) is 26.1. The van der Waals surface area contributed by atoms with E-state index in [1.807, 2.05) is 24.8 Å². The standard InChI is InChI=1S/C28H29FN8S/c1-34(2)23-13-9-21(10-14-23)26(27-31-32-33-37(27)19-20-7-11-22(29)12-8-20)35-15-17-36(18-16-35)28-30-24-5-3-4-6-25(24)38-28/h3-14,26H,15-19H2,1-2H3. The molecule has 1 aliphatic heterocycles. The third kappa shape index (κ3) is 4.97. The molecule has 1 aliphatic rings. The van der Waals surface area contributed by atoms with Crippen molar-refractivity contribution in [3.63, 3.8) is 0 Å². The van der Waals surface area contributed by atoms with Gasteiger partial charge in [-0.05, 0) is 58.0 Å². The van der Waals surface area contributed by atoms with Gasteiger partial charge in [0.25, 0.3) is 0 Å². The molecule has 0 saturated carbocycles. The Hall–Kier alpha value is -3.89. The first-order valence-electron chi connectivity index (χ1n) is 12.7. The number of thiazole rings is 1. The number of anilines is 2. The van der Waals surface area contributed by atoms with Crippen LogP contribution in [0, 0.1) is 5.82 Å². The van der Waals surface area contributed by atoms with Crippen LogP contribution in [0.2, 0.25) is 0 Å². The van der Waals surface area contributed by atoms with E-state index in [0.717, 1.165) is 59.5 Å². The van der Waals surface area contributed by atoms with Crippen LogP contribution in [0.3, 0.4) is 0 Å². The monoisotopic (exact) mass is 528 g/mol. The highest BCUT2D eigenvalue weighted by Gasteiger charge is 2.31. The fourth-order valence-corrected chi connectivity index (χ4v) is 5.94. The lowest BCUT2D eigenvalue weighted by molar-refractivity contribution is 0.201. The Morgan fingerprint density at radius 3 is 2.37 bits per heavy atom. The summed E-state index contributed by atoms with van der Waals surface area (Å²) in [6, 6.07) is 23.3. The summed E-state index contributed by atoms with van der Waals surface area (Å²) in [7, 11) is 4.08. The zero-order valence-electron chi connectivity index (χ0n) is 21.4. The molecular weight excluding hydrogens is 499 g/mol. The quantitative estimate of drug-likeness (QED) is 0.309. The highest BCUT2D eigenvalue weighted by Crippen LogP contribution is 2.33. The summed E-state index contributed by atoms with van der Waals surface area (Å²) >= 11 is 1.75. The van der Waals surface area contributed by atoms with E-state index in [4.69, 9.17) is 4.98 Å². The molecule has 8 nitrogen and oxygen atoms in total. The minimum atomic E-state index is -0.254. The van der Waals surface area contributed by atoms with Gasteiger partial charge in [0.05, 0.1) is 22.8 Å². The molecule has 3 heterocycles. The van der Waals surface area contributed by atoms with Gasteiger partial charge in [-0.3, -0.25) is 4.90 Å². The Morgan fingerprint density at radius 1 is 0.921 bits per heavy atom. The number of halogens is 1. The molecule has 0 spiro atoms. The van der Waals surface area contributed by atoms with E-state index in [1.54, 1.807) is 23.5 Å².